The fourth-order valence-corrected chi connectivity index (χ4v) is 2.53. The second kappa shape index (κ2) is 5.59. The van der Waals surface area contributed by atoms with Gasteiger partial charge in [-0.2, -0.15) is 0 Å². The van der Waals surface area contributed by atoms with Gasteiger partial charge in [0.05, 0.1) is 0 Å². The van der Waals surface area contributed by atoms with Gasteiger partial charge in [0.2, 0.25) is 0 Å². The van der Waals surface area contributed by atoms with Gasteiger partial charge in [0.1, 0.15) is 0 Å². The van der Waals surface area contributed by atoms with Crippen molar-refractivity contribution in [2.24, 2.45) is 5.41 Å². The highest BCUT2D eigenvalue weighted by atomic mass is 19.1. The van der Waals surface area contributed by atoms with Crippen molar-refractivity contribution in [3.63, 3.8) is 0 Å². The molecule has 0 radical (unpaired) electrons. The SMILES string of the molecule is CC1(C)CCC(NC(=O)COc2ccccc2F)C1. The van der Waals surface area contributed by atoms with Crippen molar-refractivity contribution in [2.45, 2.75) is 39.2 Å². The molecular weight excluding hydrogens is 245 g/mol. The van der Waals surface area contributed by atoms with E-state index in [1.807, 2.05) is 0 Å². The molecule has 0 bridgehead atoms. The topological polar surface area (TPSA) is 38.3 Å². The molecule has 0 aliphatic heterocycles. The van der Waals surface area contributed by atoms with Crippen LogP contribution in [0.15, 0.2) is 24.3 Å². The van der Waals surface area contributed by atoms with Crippen LogP contribution < -0.4 is 10.1 Å². The Balaban J connectivity index is 1.78. The van der Waals surface area contributed by atoms with Gasteiger partial charge in [-0.25, -0.2) is 4.39 Å². The van der Waals surface area contributed by atoms with Crippen LogP contribution >= 0.6 is 0 Å². The largest absolute Gasteiger partial charge is 0.481 e. The minimum atomic E-state index is -0.447. The molecule has 1 fully saturated rings. The summed E-state index contributed by atoms with van der Waals surface area (Å²) in [5.74, 6) is -0.521. The van der Waals surface area contributed by atoms with Crippen LogP contribution in [0.4, 0.5) is 4.39 Å². The third kappa shape index (κ3) is 3.94. The molecule has 1 aliphatic carbocycles. The van der Waals surface area contributed by atoms with Crippen LogP contribution in [0.2, 0.25) is 0 Å². The van der Waals surface area contributed by atoms with Crippen LogP contribution in [0, 0.1) is 11.2 Å². The lowest BCUT2D eigenvalue weighted by Crippen LogP contribution is -2.36. The van der Waals surface area contributed by atoms with Gasteiger partial charge in [0.25, 0.3) is 5.91 Å². The smallest absolute Gasteiger partial charge is 0.258 e. The highest BCUT2D eigenvalue weighted by Gasteiger charge is 2.31. The molecule has 19 heavy (non-hydrogen) atoms. The maximum absolute atomic E-state index is 13.3. The highest BCUT2D eigenvalue weighted by Crippen LogP contribution is 2.36. The Labute approximate surface area is 113 Å². The number of hydrogen-bond acceptors (Lipinski definition) is 2. The van der Waals surface area contributed by atoms with Gasteiger partial charge >= 0.3 is 0 Å². The fourth-order valence-electron chi connectivity index (χ4n) is 2.53. The molecule has 1 aromatic carbocycles. The summed E-state index contributed by atoms with van der Waals surface area (Å²) in [7, 11) is 0. The predicted molar refractivity (Wildman–Crippen MR) is 71.5 cm³/mol. The van der Waals surface area contributed by atoms with E-state index < -0.39 is 5.82 Å². The number of nitrogens with one attached hydrogen (secondary N) is 1. The molecule has 4 heteroatoms. The van der Waals surface area contributed by atoms with Crippen molar-refractivity contribution in [1.82, 2.24) is 5.32 Å². The Morgan fingerprint density at radius 2 is 2.21 bits per heavy atom. The molecule has 3 nitrogen and oxygen atoms in total. The third-order valence-corrected chi connectivity index (χ3v) is 3.53. The standard InChI is InChI=1S/C15H20FNO2/c1-15(2)8-7-11(9-15)17-14(18)10-19-13-6-4-3-5-12(13)16/h3-6,11H,7-10H2,1-2H3,(H,17,18). The Hall–Kier alpha value is -1.58. The monoisotopic (exact) mass is 265 g/mol. The normalized spacial score (nSPS) is 21.1. The maximum Gasteiger partial charge on any atom is 0.258 e. The van der Waals surface area contributed by atoms with Gasteiger partial charge in [-0.15, -0.1) is 0 Å². The van der Waals surface area contributed by atoms with E-state index in [9.17, 15) is 9.18 Å². The summed E-state index contributed by atoms with van der Waals surface area (Å²) in [4.78, 5) is 11.7. The summed E-state index contributed by atoms with van der Waals surface area (Å²) in [6.07, 6.45) is 3.10. The second-order valence-electron chi connectivity index (χ2n) is 5.89. The highest BCUT2D eigenvalue weighted by molar-refractivity contribution is 5.77. The van der Waals surface area contributed by atoms with Crippen LogP contribution in [0.1, 0.15) is 33.1 Å². The van der Waals surface area contributed by atoms with E-state index in [-0.39, 0.29) is 24.3 Å². The molecule has 1 unspecified atom stereocenters. The maximum atomic E-state index is 13.3. The second-order valence-corrected chi connectivity index (χ2v) is 5.89. The molecule has 1 atom stereocenters. The van der Waals surface area contributed by atoms with Crippen molar-refractivity contribution >= 4 is 5.91 Å². The van der Waals surface area contributed by atoms with E-state index in [2.05, 4.69) is 19.2 Å². The molecule has 1 aliphatic rings. The summed E-state index contributed by atoms with van der Waals surface area (Å²) in [6, 6.07) is 6.30. The van der Waals surface area contributed by atoms with E-state index >= 15 is 0 Å². The van der Waals surface area contributed by atoms with Crippen molar-refractivity contribution in [3.8, 4) is 5.75 Å². The zero-order valence-corrected chi connectivity index (χ0v) is 11.4. The van der Waals surface area contributed by atoms with Crippen LogP contribution in [0.3, 0.4) is 0 Å². The van der Waals surface area contributed by atoms with Crippen LogP contribution in [-0.4, -0.2) is 18.6 Å². The van der Waals surface area contributed by atoms with Gasteiger partial charge < -0.3 is 10.1 Å². The molecule has 1 amide bonds. The average Bonchev–Trinajstić information content (AvgIpc) is 2.67. The van der Waals surface area contributed by atoms with Gasteiger partial charge in [0, 0.05) is 6.04 Å². The first kappa shape index (κ1) is 13.8. The minimum Gasteiger partial charge on any atom is -0.481 e. The van der Waals surface area contributed by atoms with Crippen LogP contribution in [-0.2, 0) is 4.79 Å². The van der Waals surface area contributed by atoms with Gasteiger partial charge in [-0.3, -0.25) is 4.79 Å². The minimum absolute atomic E-state index is 0.115. The fraction of sp³-hybridized carbons (Fsp3) is 0.533. The number of halogens is 1. The number of carbonyl (C=O) groups is 1. The summed E-state index contributed by atoms with van der Waals surface area (Å²) >= 11 is 0. The number of para-hydroxylation sites is 1. The summed E-state index contributed by atoms with van der Waals surface area (Å²) < 4.78 is 18.5. The van der Waals surface area contributed by atoms with Crippen molar-refractivity contribution in [3.05, 3.63) is 30.1 Å². The quantitative estimate of drug-likeness (QED) is 0.909. The summed E-state index contributed by atoms with van der Waals surface area (Å²) in [6.45, 7) is 4.27. The first-order chi connectivity index (χ1) is 8.96. The summed E-state index contributed by atoms with van der Waals surface area (Å²) in [5, 5.41) is 2.94. The number of carbonyl (C=O) groups excluding carboxylic acids is 1. The number of ether oxygens (including phenoxy) is 1. The van der Waals surface area contributed by atoms with E-state index in [0.29, 0.717) is 5.41 Å². The molecule has 104 valence electrons. The molecule has 0 aromatic heterocycles. The van der Waals surface area contributed by atoms with Crippen molar-refractivity contribution in [2.75, 3.05) is 6.61 Å². The number of hydrogen-bond donors (Lipinski definition) is 1. The molecule has 2 rings (SSSR count). The van der Waals surface area contributed by atoms with Crippen molar-refractivity contribution < 1.29 is 13.9 Å². The number of rotatable bonds is 4. The molecule has 1 saturated carbocycles. The Morgan fingerprint density at radius 1 is 1.47 bits per heavy atom. The average molecular weight is 265 g/mol. The Kier molecular flexibility index (Phi) is 4.08. The van der Waals surface area contributed by atoms with Gasteiger partial charge in [-0.1, -0.05) is 26.0 Å². The van der Waals surface area contributed by atoms with E-state index in [1.165, 1.54) is 12.1 Å². The number of benzene rings is 1. The molecule has 0 saturated heterocycles. The molecular formula is C15H20FNO2. The first-order valence-corrected chi connectivity index (χ1v) is 6.63. The summed E-state index contributed by atoms with van der Waals surface area (Å²) in [5.41, 5.74) is 0.296. The lowest BCUT2D eigenvalue weighted by Gasteiger charge is -2.18. The van der Waals surface area contributed by atoms with E-state index in [1.54, 1.807) is 12.1 Å². The lowest BCUT2D eigenvalue weighted by molar-refractivity contribution is -0.123. The van der Waals surface area contributed by atoms with E-state index in [4.69, 9.17) is 4.74 Å². The third-order valence-electron chi connectivity index (χ3n) is 3.53. The van der Waals surface area contributed by atoms with Crippen LogP contribution in [0.5, 0.6) is 5.75 Å². The molecule has 0 spiro atoms. The Morgan fingerprint density at radius 3 is 2.84 bits per heavy atom. The first-order valence-electron chi connectivity index (χ1n) is 6.63. The zero-order valence-electron chi connectivity index (χ0n) is 11.4. The van der Waals surface area contributed by atoms with E-state index in [0.717, 1.165) is 19.3 Å². The Bertz CT molecular complexity index is 459. The predicted octanol–water partition coefficient (Wildman–Crippen LogP) is 2.90. The number of amides is 1. The van der Waals surface area contributed by atoms with Gasteiger partial charge in [0.15, 0.2) is 18.2 Å². The van der Waals surface area contributed by atoms with Crippen LogP contribution in [0.25, 0.3) is 0 Å². The molecule has 1 aromatic rings. The van der Waals surface area contributed by atoms with Gasteiger partial charge in [-0.05, 0) is 36.8 Å². The van der Waals surface area contributed by atoms with Crippen molar-refractivity contribution in [1.29, 1.82) is 0 Å². The lowest BCUT2D eigenvalue weighted by atomic mass is 9.92. The zero-order chi connectivity index (χ0) is 13.9. The molecule has 0 heterocycles. The molecule has 1 N–H and O–H groups in total.